The molecule has 0 aromatic heterocycles. The third-order valence-corrected chi connectivity index (χ3v) is 4.77. The normalized spacial score (nSPS) is 11.8. The summed E-state index contributed by atoms with van der Waals surface area (Å²) in [5, 5.41) is 5.08. The van der Waals surface area contributed by atoms with Gasteiger partial charge in [-0.1, -0.05) is 44.2 Å². The summed E-state index contributed by atoms with van der Waals surface area (Å²) in [6, 6.07) is 9.36. The molecule has 0 saturated carbocycles. The van der Waals surface area contributed by atoms with Crippen molar-refractivity contribution in [3.63, 3.8) is 0 Å². The standard InChI is InChI=1S/C22H34N4O4/c1-17(2)10-12-25(3)19(14-18-8-6-5-7-9-18)22(30)24-15-21(29)26(4)16-20(28)23-11-13-27/h5-9,13,17,19H,10-12,14-16H2,1-4H3,(H,23,28)(H,24,30)/t19-/m0/s1. The molecule has 0 heterocycles. The number of benzene rings is 1. The lowest BCUT2D eigenvalue weighted by atomic mass is 10.0. The molecule has 8 heteroatoms. The molecule has 1 aromatic carbocycles. The summed E-state index contributed by atoms with van der Waals surface area (Å²) < 4.78 is 0. The fourth-order valence-electron chi connectivity index (χ4n) is 2.83. The summed E-state index contributed by atoms with van der Waals surface area (Å²) >= 11 is 0. The van der Waals surface area contributed by atoms with Gasteiger partial charge in [-0.3, -0.25) is 19.3 Å². The van der Waals surface area contributed by atoms with Crippen LogP contribution in [0.3, 0.4) is 0 Å². The minimum atomic E-state index is -0.431. The monoisotopic (exact) mass is 418 g/mol. The summed E-state index contributed by atoms with van der Waals surface area (Å²) in [6.45, 7) is 4.58. The summed E-state index contributed by atoms with van der Waals surface area (Å²) in [6.07, 6.45) is 2.08. The summed E-state index contributed by atoms with van der Waals surface area (Å²) in [7, 11) is 3.39. The highest BCUT2D eigenvalue weighted by Gasteiger charge is 2.24. The summed E-state index contributed by atoms with van der Waals surface area (Å²) in [4.78, 5) is 50.3. The van der Waals surface area contributed by atoms with E-state index in [1.54, 1.807) is 0 Å². The average Bonchev–Trinajstić information content (AvgIpc) is 2.72. The van der Waals surface area contributed by atoms with Gasteiger partial charge >= 0.3 is 0 Å². The van der Waals surface area contributed by atoms with E-state index in [2.05, 4.69) is 24.5 Å². The summed E-state index contributed by atoms with van der Waals surface area (Å²) in [5.74, 6) is -0.515. The molecule has 0 aliphatic heterocycles. The van der Waals surface area contributed by atoms with E-state index in [9.17, 15) is 19.2 Å². The lowest BCUT2D eigenvalue weighted by Crippen LogP contribution is -2.50. The van der Waals surface area contributed by atoms with Crippen LogP contribution in [0.25, 0.3) is 0 Å². The maximum Gasteiger partial charge on any atom is 0.242 e. The number of hydrogen-bond donors (Lipinski definition) is 2. The Balaban J connectivity index is 2.68. The van der Waals surface area contributed by atoms with Crippen molar-refractivity contribution in [1.29, 1.82) is 0 Å². The molecule has 0 unspecified atom stereocenters. The number of hydrogen-bond acceptors (Lipinski definition) is 5. The van der Waals surface area contributed by atoms with Crippen LogP contribution < -0.4 is 10.6 Å². The van der Waals surface area contributed by atoms with Gasteiger partial charge in [0.2, 0.25) is 17.7 Å². The molecule has 0 aliphatic carbocycles. The van der Waals surface area contributed by atoms with Crippen LogP contribution in [0.4, 0.5) is 0 Å². The first kappa shape index (κ1) is 25.3. The molecular weight excluding hydrogens is 384 g/mol. The molecule has 1 aromatic rings. The highest BCUT2D eigenvalue weighted by atomic mass is 16.2. The minimum Gasteiger partial charge on any atom is -0.348 e. The molecule has 0 spiro atoms. The Morgan fingerprint density at radius 3 is 2.33 bits per heavy atom. The molecule has 0 bridgehead atoms. The predicted octanol–water partition coefficient (Wildman–Crippen LogP) is 0.465. The molecule has 1 rings (SSSR count). The third kappa shape index (κ3) is 9.65. The second-order valence-corrected chi connectivity index (χ2v) is 7.81. The van der Waals surface area contributed by atoms with Crippen LogP contribution in [-0.4, -0.2) is 80.1 Å². The van der Waals surface area contributed by atoms with Gasteiger partial charge in [-0.25, -0.2) is 0 Å². The molecule has 3 amide bonds. The van der Waals surface area contributed by atoms with Crippen molar-refractivity contribution in [3.05, 3.63) is 35.9 Å². The first-order valence-corrected chi connectivity index (χ1v) is 10.2. The zero-order valence-corrected chi connectivity index (χ0v) is 18.4. The van der Waals surface area contributed by atoms with Gasteiger partial charge in [0.05, 0.1) is 25.7 Å². The molecule has 30 heavy (non-hydrogen) atoms. The van der Waals surface area contributed by atoms with E-state index in [1.807, 2.05) is 42.3 Å². The summed E-state index contributed by atoms with van der Waals surface area (Å²) in [5.41, 5.74) is 1.05. The van der Waals surface area contributed by atoms with Crippen molar-refractivity contribution in [3.8, 4) is 0 Å². The molecule has 8 nitrogen and oxygen atoms in total. The van der Waals surface area contributed by atoms with Gasteiger partial charge < -0.3 is 20.3 Å². The minimum absolute atomic E-state index is 0.0958. The Labute approximate surface area is 179 Å². The van der Waals surface area contributed by atoms with Crippen LogP contribution in [0.1, 0.15) is 25.8 Å². The Morgan fingerprint density at radius 2 is 1.73 bits per heavy atom. The zero-order chi connectivity index (χ0) is 22.5. The Kier molecular flexibility index (Phi) is 11.4. The van der Waals surface area contributed by atoms with E-state index in [0.717, 1.165) is 18.5 Å². The lowest BCUT2D eigenvalue weighted by molar-refractivity contribution is -0.136. The fraction of sp³-hybridized carbons (Fsp3) is 0.545. The number of carbonyl (C=O) groups excluding carboxylic acids is 4. The van der Waals surface area contributed by atoms with Crippen molar-refractivity contribution in [2.75, 3.05) is 40.3 Å². The Bertz CT molecular complexity index is 694. The van der Waals surface area contributed by atoms with Crippen molar-refractivity contribution < 1.29 is 19.2 Å². The fourth-order valence-corrected chi connectivity index (χ4v) is 2.83. The lowest BCUT2D eigenvalue weighted by Gasteiger charge is -2.28. The smallest absolute Gasteiger partial charge is 0.242 e. The van der Waals surface area contributed by atoms with Crippen LogP contribution in [0, 0.1) is 5.92 Å². The van der Waals surface area contributed by atoms with E-state index in [1.165, 1.54) is 11.9 Å². The van der Waals surface area contributed by atoms with Crippen LogP contribution in [-0.2, 0) is 25.6 Å². The van der Waals surface area contributed by atoms with Gasteiger partial charge in [-0.05, 0) is 37.9 Å². The van der Waals surface area contributed by atoms with Gasteiger partial charge in [0.15, 0.2) is 0 Å². The van der Waals surface area contributed by atoms with Crippen LogP contribution in [0.5, 0.6) is 0 Å². The Hall–Kier alpha value is -2.74. The van der Waals surface area contributed by atoms with Crippen molar-refractivity contribution in [1.82, 2.24) is 20.4 Å². The molecule has 0 aliphatic rings. The van der Waals surface area contributed by atoms with E-state index < -0.39 is 11.9 Å². The van der Waals surface area contributed by atoms with E-state index in [-0.39, 0.29) is 31.4 Å². The Morgan fingerprint density at radius 1 is 1.07 bits per heavy atom. The number of carbonyl (C=O) groups is 4. The van der Waals surface area contributed by atoms with Crippen LogP contribution in [0.2, 0.25) is 0 Å². The quantitative estimate of drug-likeness (QED) is 0.454. The highest BCUT2D eigenvalue weighted by molar-refractivity contribution is 5.90. The topological polar surface area (TPSA) is 98.8 Å². The molecular formula is C22H34N4O4. The van der Waals surface area contributed by atoms with E-state index >= 15 is 0 Å². The number of nitrogens with zero attached hydrogens (tertiary/aromatic N) is 2. The number of likely N-dealkylation sites (N-methyl/N-ethyl adjacent to an activating group) is 2. The van der Waals surface area contributed by atoms with E-state index in [0.29, 0.717) is 18.6 Å². The maximum absolute atomic E-state index is 12.9. The average molecular weight is 419 g/mol. The number of aldehydes is 1. The van der Waals surface area contributed by atoms with Crippen molar-refractivity contribution in [2.45, 2.75) is 32.7 Å². The van der Waals surface area contributed by atoms with Crippen LogP contribution >= 0.6 is 0 Å². The third-order valence-electron chi connectivity index (χ3n) is 4.77. The van der Waals surface area contributed by atoms with Gasteiger partial charge in [-0.2, -0.15) is 0 Å². The molecule has 0 saturated heterocycles. The number of rotatable bonds is 13. The number of nitrogens with one attached hydrogen (secondary N) is 2. The molecule has 1 atom stereocenters. The van der Waals surface area contributed by atoms with Gasteiger partial charge in [0, 0.05) is 7.05 Å². The molecule has 2 N–H and O–H groups in total. The largest absolute Gasteiger partial charge is 0.348 e. The molecule has 0 fully saturated rings. The van der Waals surface area contributed by atoms with Gasteiger partial charge in [-0.15, -0.1) is 0 Å². The second-order valence-electron chi connectivity index (χ2n) is 7.81. The first-order chi connectivity index (χ1) is 14.2. The number of amides is 3. The van der Waals surface area contributed by atoms with Crippen molar-refractivity contribution >= 4 is 24.0 Å². The van der Waals surface area contributed by atoms with Crippen LogP contribution in [0.15, 0.2) is 30.3 Å². The van der Waals surface area contributed by atoms with E-state index in [4.69, 9.17) is 0 Å². The van der Waals surface area contributed by atoms with Crippen molar-refractivity contribution in [2.24, 2.45) is 5.92 Å². The van der Waals surface area contributed by atoms with Gasteiger partial charge in [0.1, 0.15) is 6.29 Å². The van der Waals surface area contributed by atoms with Gasteiger partial charge in [0.25, 0.3) is 0 Å². The second kappa shape index (κ2) is 13.5. The highest BCUT2D eigenvalue weighted by Crippen LogP contribution is 2.11. The zero-order valence-electron chi connectivity index (χ0n) is 18.4. The molecule has 166 valence electrons. The molecule has 0 radical (unpaired) electrons. The first-order valence-electron chi connectivity index (χ1n) is 10.2. The maximum atomic E-state index is 12.9. The SMILES string of the molecule is CC(C)CCN(C)[C@@H](Cc1ccccc1)C(=O)NCC(=O)N(C)CC(=O)NCC=O. The predicted molar refractivity (Wildman–Crippen MR) is 116 cm³/mol.